The van der Waals surface area contributed by atoms with Gasteiger partial charge in [0.25, 0.3) is 0 Å². The van der Waals surface area contributed by atoms with Crippen molar-refractivity contribution in [2.24, 2.45) is 0 Å². The van der Waals surface area contributed by atoms with Crippen molar-refractivity contribution in [3.8, 4) is 16.9 Å². The number of ether oxygens (including phenoxy) is 1. The summed E-state index contributed by atoms with van der Waals surface area (Å²) in [4.78, 5) is 16.2. The Morgan fingerprint density at radius 1 is 1.03 bits per heavy atom. The van der Waals surface area contributed by atoms with Gasteiger partial charge in [-0.05, 0) is 61.0 Å². The first-order valence-electron chi connectivity index (χ1n) is 11.0. The molecule has 0 unspecified atom stereocenters. The van der Waals surface area contributed by atoms with Crippen LogP contribution in [0.1, 0.15) is 28.5 Å². The van der Waals surface area contributed by atoms with Gasteiger partial charge >= 0.3 is 5.97 Å². The quantitative estimate of drug-likeness (QED) is 0.246. The molecule has 5 nitrogen and oxygen atoms in total. The first kappa shape index (κ1) is 23.1. The van der Waals surface area contributed by atoms with Crippen LogP contribution in [-0.4, -0.2) is 27.3 Å². The topological polar surface area (TPSA) is 59.9 Å². The molecular formula is C27H20Cl2FN3O2. The zero-order chi connectivity index (χ0) is 24.5. The predicted octanol–water partition coefficient (Wildman–Crippen LogP) is 7.23. The first-order chi connectivity index (χ1) is 16.9. The van der Waals surface area contributed by atoms with Crippen LogP contribution < -0.4 is 0 Å². The molecule has 3 aromatic carbocycles. The Morgan fingerprint density at radius 3 is 2.46 bits per heavy atom. The fourth-order valence-corrected chi connectivity index (χ4v) is 4.45. The number of aromatic amines is 1. The van der Waals surface area contributed by atoms with E-state index in [0.717, 1.165) is 16.5 Å². The maximum atomic E-state index is 13.7. The highest BCUT2D eigenvalue weighted by atomic mass is 35.5. The number of carbonyl (C=O) groups is 1. The molecule has 0 aliphatic heterocycles. The third kappa shape index (κ3) is 4.55. The van der Waals surface area contributed by atoms with Crippen LogP contribution in [0, 0.1) is 5.82 Å². The number of H-pyrrole nitrogens is 1. The Kier molecular flexibility index (Phi) is 6.32. The SMILES string of the molecule is CCOC(=O)c1[nH]c2cc(Cl)ccc2c1-c1c(Cc2ccc(Cl)cc2)cnn1-c1ccc(F)cc1. The smallest absolute Gasteiger partial charge is 0.355 e. The lowest BCUT2D eigenvalue weighted by Gasteiger charge is -2.12. The van der Waals surface area contributed by atoms with Crippen molar-refractivity contribution >= 4 is 40.1 Å². The minimum atomic E-state index is -0.487. The molecule has 8 heteroatoms. The molecule has 0 aliphatic carbocycles. The van der Waals surface area contributed by atoms with Crippen LogP contribution in [0.25, 0.3) is 27.8 Å². The Hall–Kier alpha value is -3.61. The molecule has 2 aromatic heterocycles. The first-order valence-corrected chi connectivity index (χ1v) is 11.8. The van der Waals surface area contributed by atoms with E-state index in [0.29, 0.717) is 44.6 Å². The third-order valence-corrected chi connectivity index (χ3v) is 6.19. The average molecular weight is 508 g/mol. The lowest BCUT2D eigenvalue weighted by atomic mass is 9.99. The van der Waals surface area contributed by atoms with E-state index in [1.54, 1.807) is 42.1 Å². The van der Waals surface area contributed by atoms with E-state index in [9.17, 15) is 9.18 Å². The van der Waals surface area contributed by atoms with Crippen LogP contribution in [-0.2, 0) is 11.2 Å². The normalized spacial score (nSPS) is 11.2. The van der Waals surface area contributed by atoms with Crippen molar-refractivity contribution in [3.05, 3.63) is 106 Å². The number of carbonyl (C=O) groups excluding carboxylic acids is 1. The zero-order valence-electron chi connectivity index (χ0n) is 18.7. The summed E-state index contributed by atoms with van der Waals surface area (Å²) in [5, 5.41) is 6.61. The summed E-state index contributed by atoms with van der Waals surface area (Å²) >= 11 is 12.3. The van der Waals surface area contributed by atoms with E-state index in [1.807, 2.05) is 30.3 Å². The molecule has 0 fully saturated rings. The number of halogens is 3. The van der Waals surface area contributed by atoms with Crippen LogP contribution in [0.2, 0.25) is 10.0 Å². The van der Waals surface area contributed by atoms with Gasteiger partial charge in [-0.15, -0.1) is 0 Å². The largest absolute Gasteiger partial charge is 0.461 e. The summed E-state index contributed by atoms with van der Waals surface area (Å²) in [7, 11) is 0. The molecule has 176 valence electrons. The number of fused-ring (bicyclic) bond motifs is 1. The highest BCUT2D eigenvalue weighted by molar-refractivity contribution is 6.31. The summed E-state index contributed by atoms with van der Waals surface area (Å²) in [6, 6.07) is 19.0. The van der Waals surface area contributed by atoms with E-state index >= 15 is 0 Å². The lowest BCUT2D eigenvalue weighted by Crippen LogP contribution is -2.09. The molecule has 0 saturated heterocycles. The molecule has 5 rings (SSSR count). The van der Waals surface area contributed by atoms with Crippen LogP contribution in [0.15, 0.2) is 72.9 Å². The van der Waals surface area contributed by atoms with E-state index in [1.165, 1.54) is 12.1 Å². The number of esters is 1. The minimum Gasteiger partial charge on any atom is -0.461 e. The van der Waals surface area contributed by atoms with Crippen LogP contribution in [0.4, 0.5) is 4.39 Å². The molecule has 35 heavy (non-hydrogen) atoms. The van der Waals surface area contributed by atoms with Gasteiger partial charge in [-0.3, -0.25) is 0 Å². The maximum Gasteiger partial charge on any atom is 0.355 e. The molecule has 5 aromatic rings. The van der Waals surface area contributed by atoms with Gasteiger partial charge in [-0.1, -0.05) is 41.4 Å². The zero-order valence-corrected chi connectivity index (χ0v) is 20.2. The molecule has 1 N–H and O–H groups in total. The second-order valence-electron chi connectivity index (χ2n) is 8.00. The van der Waals surface area contributed by atoms with Crippen molar-refractivity contribution in [2.45, 2.75) is 13.3 Å². The van der Waals surface area contributed by atoms with E-state index in [-0.39, 0.29) is 12.4 Å². The van der Waals surface area contributed by atoms with Gasteiger partial charge in [-0.25, -0.2) is 13.9 Å². The van der Waals surface area contributed by atoms with Crippen molar-refractivity contribution in [3.63, 3.8) is 0 Å². The van der Waals surface area contributed by atoms with E-state index in [2.05, 4.69) is 10.1 Å². The van der Waals surface area contributed by atoms with Crippen LogP contribution in [0.3, 0.4) is 0 Å². The van der Waals surface area contributed by atoms with Gasteiger partial charge in [0.1, 0.15) is 11.5 Å². The average Bonchev–Trinajstić information content (AvgIpc) is 3.41. The van der Waals surface area contributed by atoms with Crippen molar-refractivity contribution in [1.29, 1.82) is 0 Å². The molecule has 2 heterocycles. The van der Waals surface area contributed by atoms with Crippen LogP contribution >= 0.6 is 23.2 Å². The van der Waals surface area contributed by atoms with Gasteiger partial charge in [-0.2, -0.15) is 5.10 Å². The van der Waals surface area contributed by atoms with Crippen molar-refractivity contribution < 1.29 is 13.9 Å². The Bertz CT molecular complexity index is 1520. The standard InChI is InChI=1S/C27H20Cl2FN3O2/c1-2-35-27(34)25-24(22-12-7-19(29)14-23(22)32-25)26-17(13-16-3-5-18(28)6-4-16)15-31-33(26)21-10-8-20(30)9-11-21/h3-12,14-15,32H,2,13H2,1H3. The fourth-order valence-electron chi connectivity index (χ4n) is 4.15. The number of rotatable bonds is 6. The van der Waals surface area contributed by atoms with Gasteiger partial charge in [0, 0.05) is 38.5 Å². The van der Waals surface area contributed by atoms with E-state index < -0.39 is 5.97 Å². The Morgan fingerprint density at radius 2 is 1.74 bits per heavy atom. The molecule has 0 bridgehead atoms. The number of hydrogen-bond acceptors (Lipinski definition) is 3. The summed E-state index contributed by atoms with van der Waals surface area (Å²) in [6.07, 6.45) is 2.30. The van der Waals surface area contributed by atoms with E-state index in [4.69, 9.17) is 27.9 Å². The van der Waals surface area contributed by atoms with Gasteiger partial charge in [0.15, 0.2) is 0 Å². The third-order valence-electron chi connectivity index (χ3n) is 5.70. The number of nitrogens with zero attached hydrogens (tertiary/aromatic N) is 2. The minimum absolute atomic E-state index is 0.225. The molecule has 0 radical (unpaired) electrons. The maximum absolute atomic E-state index is 13.7. The number of hydrogen-bond donors (Lipinski definition) is 1. The second kappa shape index (κ2) is 9.56. The Balaban J connectivity index is 1.78. The summed E-state index contributed by atoms with van der Waals surface area (Å²) in [5.41, 5.74) is 4.88. The highest BCUT2D eigenvalue weighted by Crippen LogP contribution is 2.38. The predicted molar refractivity (Wildman–Crippen MR) is 136 cm³/mol. The van der Waals surface area contributed by atoms with Gasteiger partial charge in [0.2, 0.25) is 0 Å². The lowest BCUT2D eigenvalue weighted by molar-refractivity contribution is 0.0521. The molecular weight excluding hydrogens is 488 g/mol. The van der Waals surface area contributed by atoms with Crippen molar-refractivity contribution in [1.82, 2.24) is 14.8 Å². The second-order valence-corrected chi connectivity index (χ2v) is 8.87. The van der Waals surface area contributed by atoms with Gasteiger partial charge in [0.05, 0.1) is 24.2 Å². The summed E-state index contributed by atoms with van der Waals surface area (Å²) < 4.78 is 20.8. The van der Waals surface area contributed by atoms with Gasteiger partial charge < -0.3 is 9.72 Å². The highest BCUT2D eigenvalue weighted by Gasteiger charge is 2.26. The summed E-state index contributed by atoms with van der Waals surface area (Å²) in [5.74, 6) is -0.836. The molecule has 0 spiro atoms. The number of aromatic nitrogens is 3. The molecule has 0 atom stereocenters. The van der Waals surface area contributed by atoms with Crippen LogP contribution in [0.5, 0.6) is 0 Å². The molecule has 0 aliphatic rings. The molecule has 0 saturated carbocycles. The summed E-state index contributed by atoms with van der Waals surface area (Å²) in [6.45, 7) is 1.98. The fraction of sp³-hybridized carbons (Fsp3) is 0.111. The van der Waals surface area contributed by atoms with Crippen molar-refractivity contribution in [2.75, 3.05) is 6.61 Å². The molecule has 0 amide bonds. The monoisotopic (exact) mass is 507 g/mol. The number of benzene rings is 3. The number of nitrogens with one attached hydrogen (secondary N) is 1. The Labute approximate surface area is 211 Å².